The Morgan fingerprint density at radius 3 is 2.64 bits per heavy atom. The van der Waals surface area contributed by atoms with E-state index in [0.29, 0.717) is 5.75 Å². The molecule has 2 aromatic rings. The first-order valence-corrected chi connectivity index (χ1v) is 7.63. The van der Waals surface area contributed by atoms with Gasteiger partial charge in [-0.15, -0.1) is 0 Å². The predicted molar refractivity (Wildman–Crippen MR) is 84.8 cm³/mol. The highest BCUT2D eigenvalue weighted by atomic mass is 19.1. The summed E-state index contributed by atoms with van der Waals surface area (Å²) in [5.74, 6) is -2.81. The van der Waals surface area contributed by atoms with Crippen LogP contribution in [-0.4, -0.2) is 52.1 Å². The van der Waals surface area contributed by atoms with Gasteiger partial charge in [0, 0.05) is 19.0 Å². The molecule has 1 aromatic heterocycles. The molecule has 1 fully saturated rings. The summed E-state index contributed by atoms with van der Waals surface area (Å²) in [5, 5.41) is 9.53. The number of carboxylic acids is 1. The van der Waals surface area contributed by atoms with Crippen molar-refractivity contribution in [2.24, 2.45) is 5.92 Å². The minimum Gasteiger partial charge on any atom is -0.497 e. The fourth-order valence-corrected chi connectivity index (χ4v) is 2.99. The van der Waals surface area contributed by atoms with Gasteiger partial charge in [0.25, 0.3) is 5.91 Å². The van der Waals surface area contributed by atoms with Gasteiger partial charge in [0.2, 0.25) is 5.82 Å². The number of carbonyl (C=O) groups is 2. The number of benzene rings is 1. The van der Waals surface area contributed by atoms with Crippen molar-refractivity contribution >= 4 is 11.9 Å². The zero-order valence-electron chi connectivity index (χ0n) is 13.4. The minimum absolute atomic E-state index is 0.0385. The monoisotopic (exact) mass is 345 g/mol. The van der Waals surface area contributed by atoms with Crippen LogP contribution < -0.4 is 4.74 Å². The number of rotatable bonds is 4. The van der Waals surface area contributed by atoms with E-state index in [9.17, 15) is 19.1 Å². The molecule has 1 aromatic carbocycles. The number of halogens is 1. The highest BCUT2D eigenvalue weighted by Crippen LogP contribution is 2.34. The normalized spacial score (nSPS) is 19.7. The lowest BCUT2D eigenvalue weighted by Crippen LogP contribution is -2.31. The lowest BCUT2D eigenvalue weighted by atomic mass is 9.89. The lowest BCUT2D eigenvalue weighted by molar-refractivity contribution is -0.141. The summed E-state index contributed by atoms with van der Waals surface area (Å²) in [6, 6.07) is 7.12. The van der Waals surface area contributed by atoms with Gasteiger partial charge in [0.1, 0.15) is 5.75 Å². The Kier molecular flexibility index (Phi) is 4.60. The Balaban J connectivity index is 1.86. The van der Waals surface area contributed by atoms with E-state index >= 15 is 0 Å². The van der Waals surface area contributed by atoms with Crippen molar-refractivity contribution < 1.29 is 23.8 Å². The number of methoxy groups -OCH3 is 1. The smallest absolute Gasteiger partial charge is 0.308 e. The molecule has 0 unspecified atom stereocenters. The van der Waals surface area contributed by atoms with Gasteiger partial charge in [-0.3, -0.25) is 9.59 Å². The molecular weight excluding hydrogens is 329 g/mol. The number of hydrogen-bond acceptors (Lipinski definition) is 5. The average molecular weight is 345 g/mol. The predicted octanol–water partition coefficient (Wildman–Crippen LogP) is 1.56. The van der Waals surface area contributed by atoms with Crippen LogP contribution in [0, 0.1) is 11.7 Å². The van der Waals surface area contributed by atoms with E-state index in [1.54, 1.807) is 18.2 Å². The van der Waals surface area contributed by atoms with Crippen molar-refractivity contribution in [1.29, 1.82) is 0 Å². The number of carbonyl (C=O) groups excluding carboxylic acids is 1. The number of ether oxygens (including phenoxy) is 1. The third-order valence-corrected chi connectivity index (χ3v) is 4.26. The van der Waals surface area contributed by atoms with Crippen LogP contribution in [0.25, 0.3) is 0 Å². The van der Waals surface area contributed by atoms with Gasteiger partial charge in [-0.25, -0.2) is 14.4 Å². The Labute approximate surface area is 143 Å². The molecule has 2 atom stereocenters. The van der Waals surface area contributed by atoms with Crippen LogP contribution >= 0.6 is 0 Å². The van der Waals surface area contributed by atoms with Crippen LogP contribution in [0.1, 0.15) is 22.1 Å². The van der Waals surface area contributed by atoms with E-state index in [4.69, 9.17) is 4.74 Å². The molecule has 25 heavy (non-hydrogen) atoms. The highest BCUT2D eigenvalue weighted by molar-refractivity contribution is 5.91. The van der Waals surface area contributed by atoms with E-state index < -0.39 is 23.6 Å². The molecule has 0 spiro atoms. The zero-order valence-corrected chi connectivity index (χ0v) is 13.4. The zero-order chi connectivity index (χ0) is 18.0. The molecule has 3 rings (SSSR count). The minimum atomic E-state index is -0.983. The van der Waals surface area contributed by atoms with Gasteiger partial charge >= 0.3 is 5.97 Å². The van der Waals surface area contributed by atoms with Crippen molar-refractivity contribution in [3.05, 3.63) is 53.9 Å². The molecule has 0 bridgehead atoms. The van der Waals surface area contributed by atoms with Crippen molar-refractivity contribution in [1.82, 2.24) is 14.9 Å². The number of likely N-dealkylation sites (tertiary alicyclic amines) is 1. The van der Waals surface area contributed by atoms with E-state index in [-0.39, 0.29) is 24.8 Å². The van der Waals surface area contributed by atoms with Gasteiger partial charge in [0.15, 0.2) is 5.82 Å². The summed E-state index contributed by atoms with van der Waals surface area (Å²) in [7, 11) is 1.53. The molecule has 0 radical (unpaired) electrons. The van der Waals surface area contributed by atoms with Crippen molar-refractivity contribution in [2.45, 2.75) is 5.92 Å². The number of aliphatic carboxylic acids is 1. The summed E-state index contributed by atoms with van der Waals surface area (Å²) in [4.78, 5) is 32.9. The fraction of sp³-hybridized carbons (Fsp3) is 0.294. The first-order valence-electron chi connectivity index (χ1n) is 7.63. The Morgan fingerprint density at radius 1 is 1.28 bits per heavy atom. The third kappa shape index (κ3) is 3.42. The molecule has 7 nitrogen and oxygen atoms in total. The molecule has 0 saturated carbocycles. The summed E-state index contributed by atoms with van der Waals surface area (Å²) >= 11 is 0. The molecule has 130 valence electrons. The molecule has 1 saturated heterocycles. The summed E-state index contributed by atoms with van der Waals surface area (Å²) in [6.45, 7) is 0.250. The second-order valence-electron chi connectivity index (χ2n) is 5.76. The molecule has 8 heteroatoms. The maximum Gasteiger partial charge on any atom is 0.308 e. The average Bonchev–Trinajstić information content (AvgIpc) is 3.07. The van der Waals surface area contributed by atoms with Gasteiger partial charge in [0.05, 0.1) is 25.4 Å². The molecule has 2 heterocycles. The molecule has 1 N–H and O–H groups in total. The molecule has 1 aliphatic rings. The number of aromatic nitrogens is 2. The summed E-state index contributed by atoms with van der Waals surface area (Å²) in [6.07, 6.45) is 1.81. The van der Waals surface area contributed by atoms with Gasteiger partial charge in [-0.2, -0.15) is 0 Å². The SMILES string of the molecule is COc1cccc([C@@H]2CN(C(=O)c3ncc(F)cn3)C[C@H]2C(=O)O)c1. The van der Waals surface area contributed by atoms with Crippen LogP contribution in [0.2, 0.25) is 0 Å². The standard InChI is InChI=1S/C17H16FN3O4/c1-25-12-4-2-3-10(5-12)13-8-21(9-14(13)17(23)24)16(22)15-19-6-11(18)7-20-15/h2-7,13-14H,8-9H2,1H3,(H,23,24)/t13-,14+/m0/s1. The van der Waals surface area contributed by atoms with Crippen LogP contribution in [0.3, 0.4) is 0 Å². The van der Waals surface area contributed by atoms with E-state index in [1.165, 1.54) is 12.0 Å². The molecule has 1 amide bonds. The first kappa shape index (κ1) is 16.8. The Hall–Kier alpha value is -3.03. The first-order chi connectivity index (χ1) is 12.0. The van der Waals surface area contributed by atoms with Gasteiger partial charge in [-0.05, 0) is 17.7 Å². The van der Waals surface area contributed by atoms with E-state index in [1.807, 2.05) is 6.07 Å². The quantitative estimate of drug-likeness (QED) is 0.904. The second kappa shape index (κ2) is 6.84. The van der Waals surface area contributed by atoms with Crippen LogP contribution in [-0.2, 0) is 4.79 Å². The van der Waals surface area contributed by atoms with Crippen LogP contribution in [0.5, 0.6) is 5.75 Å². The van der Waals surface area contributed by atoms with Crippen LogP contribution in [0.4, 0.5) is 4.39 Å². The number of hydrogen-bond donors (Lipinski definition) is 1. The number of amides is 1. The number of carboxylic acid groups (broad SMARTS) is 1. The number of nitrogens with zero attached hydrogens (tertiary/aromatic N) is 3. The van der Waals surface area contributed by atoms with Crippen molar-refractivity contribution in [3.8, 4) is 5.75 Å². The maximum atomic E-state index is 12.9. The summed E-state index contributed by atoms with van der Waals surface area (Å²) < 4.78 is 18.1. The fourth-order valence-electron chi connectivity index (χ4n) is 2.99. The Morgan fingerprint density at radius 2 is 2.00 bits per heavy atom. The molecular formula is C17H16FN3O4. The van der Waals surface area contributed by atoms with Crippen LogP contribution in [0.15, 0.2) is 36.7 Å². The third-order valence-electron chi connectivity index (χ3n) is 4.26. The topological polar surface area (TPSA) is 92.6 Å². The van der Waals surface area contributed by atoms with Gasteiger partial charge < -0.3 is 14.7 Å². The largest absolute Gasteiger partial charge is 0.497 e. The van der Waals surface area contributed by atoms with Crippen molar-refractivity contribution in [3.63, 3.8) is 0 Å². The lowest BCUT2D eigenvalue weighted by Gasteiger charge is -2.16. The molecule has 1 aliphatic heterocycles. The molecule has 0 aliphatic carbocycles. The maximum absolute atomic E-state index is 12.9. The second-order valence-corrected chi connectivity index (χ2v) is 5.76. The van der Waals surface area contributed by atoms with E-state index in [2.05, 4.69) is 9.97 Å². The highest BCUT2D eigenvalue weighted by Gasteiger charge is 2.41. The summed E-state index contributed by atoms with van der Waals surface area (Å²) in [5.41, 5.74) is 0.780. The van der Waals surface area contributed by atoms with E-state index in [0.717, 1.165) is 18.0 Å². The Bertz CT molecular complexity index is 797. The van der Waals surface area contributed by atoms with Gasteiger partial charge in [-0.1, -0.05) is 12.1 Å². The van der Waals surface area contributed by atoms with Crippen molar-refractivity contribution in [2.75, 3.05) is 20.2 Å².